The Hall–Kier alpha value is -3.79. The number of carboxylic acid groups (broad SMARTS) is 3. The molecule has 0 saturated carbocycles. The van der Waals surface area contributed by atoms with Crippen LogP contribution in [0.1, 0.15) is 32.1 Å². The van der Waals surface area contributed by atoms with Gasteiger partial charge in [0.1, 0.15) is 24.2 Å². The van der Waals surface area contributed by atoms with Crippen molar-refractivity contribution in [2.45, 2.75) is 56.3 Å². The molecule has 0 aliphatic carbocycles. The van der Waals surface area contributed by atoms with Crippen molar-refractivity contribution in [3.05, 3.63) is 0 Å². The Bertz CT molecular complexity index is 772. The average molecular weight is 477 g/mol. The van der Waals surface area contributed by atoms with Crippen molar-refractivity contribution < 1.29 is 54.0 Å². The number of aliphatic hydroxyl groups excluding tert-OH is 1. The zero-order valence-corrected chi connectivity index (χ0v) is 17.4. The molecule has 0 rings (SSSR count). The van der Waals surface area contributed by atoms with Crippen molar-refractivity contribution in [3.63, 3.8) is 0 Å². The fourth-order valence-electron chi connectivity index (χ4n) is 2.37. The Morgan fingerprint density at radius 3 is 1.55 bits per heavy atom. The fraction of sp³-hybridized carbons (Fsp3) is 0.588. The van der Waals surface area contributed by atoms with Crippen LogP contribution in [0.25, 0.3) is 0 Å². The highest BCUT2D eigenvalue weighted by Crippen LogP contribution is 2.05. The summed E-state index contributed by atoms with van der Waals surface area (Å²) in [6, 6.07) is -6.39. The number of hydrogen-bond acceptors (Lipinski definition) is 9. The molecule has 0 spiro atoms. The highest BCUT2D eigenvalue weighted by Gasteiger charge is 2.31. The molecule has 0 bridgehead atoms. The second-order valence-corrected chi connectivity index (χ2v) is 6.85. The van der Waals surface area contributed by atoms with E-state index >= 15 is 0 Å². The Kier molecular flexibility index (Phi) is 12.7. The number of primary amides is 1. The quantitative estimate of drug-likeness (QED) is 0.101. The van der Waals surface area contributed by atoms with Crippen LogP contribution in [0, 0.1) is 0 Å². The first-order valence-electron chi connectivity index (χ1n) is 9.50. The normalized spacial score (nSPS) is 14.1. The molecular formula is C17H27N5O11. The summed E-state index contributed by atoms with van der Waals surface area (Å²) in [6.45, 7) is -0.775. The standard InChI is InChI=1S/C17H27N5O11/c18-7(6-23)14(29)20-9(2-4-12(25)26)15(30)21-8(1-3-11(19)24)16(31)22-10(17(32)33)5-13(27)28/h7-10,23H,1-6,18H2,(H2,19,24)(H,20,29)(H,21,30)(H,22,31)(H,25,26)(H,27,28)(H,32,33). The predicted molar refractivity (Wildman–Crippen MR) is 106 cm³/mol. The molecule has 0 aliphatic rings. The number of carbonyl (C=O) groups is 7. The zero-order valence-electron chi connectivity index (χ0n) is 17.4. The predicted octanol–water partition coefficient (Wildman–Crippen LogP) is -4.55. The van der Waals surface area contributed by atoms with Crippen LogP contribution in [0.3, 0.4) is 0 Å². The molecule has 0 radical (unpaired) electrons. The van der Waals surface area contributed by atoms with E-state index in [4.69, 9.17) is 31.9 Å². The summed E-state index contributed by atoms with van der Waals surface area (Å²) in [5.41, 5.74) is 10.4. The Morgan fingerprint density at radius 2 is 1.15 bits per heavy atom. The van der Waals surface area contributed by atoms with E-state index in [1.165, 1.54) is 0 Å². The smallest absolute Gasteiger partial charge is 0.326 e. The first kappa shape index (κ1) is 29.2. The van der Waals surface area contributed by atoms with Crippen LogP contribution in [0.2, 0.25) is 0 Å². The van der Waals surface area contributed by atoms with Gasteiger partial charge in [-0.05, 0) is 12.8 Å². The first-order chi connectivity index (χ1) is 15.3. The van der Waals surface area contributed by atoms with Gasteiger partial charge in [-0.3, -0.25) is 28.8 Å². The molecule has 0 aromatic carbocycles. The topological polar surface area (TPSA) is 289 Å². The van der Waals surface area contributed by atoms with Gasteiger partial charge in [-0.2, -0.15) is 0 Å². The Morgan fingerprint density at radius 1 is 0.697 bits per heavy atom. The summed E-state index contributed by atoms with van der Waals surface area (Å²) in [5.74, 6) is -8.61. The van der Waals surface area contributed by atoms with Gasteiger partial charge in [-0.25, -0.2) is 4.79 Å². The van der Waals surface area contributed by atoms with Crippen LogP contribution in [-0.4, -0.2) is 92.7 Å². The second kappa shape index (κ2) is 14.3. The van der Waals surface area contributed by atoms with Crippen LogP contribution in [0.4, 0.5) is 0 Å². The molecule has 16 heteroatoms. The van der Waals surface area contributed by atoms with Gasteiger partial charge in [0.25, 0.3) is 0 Å². The van der Waals surface area contributed by atoms with E-state index in [0.29, 0.717) is 0 Å². The van der Waals surface area contributed by atoms with Gasteiger partial charge in [-0.15, -0.1) is 0 Å². The maximum atomic E-state index is 12.6. The van der Waals surface area contributed by atoms with Gasteiger partial charge in [0.15, 0.2) is 0 Å². The van der Waals surface area contributed by atoms with Gasteiger partial charge in [0, 0.05) is 12.8 Å². The van der Waals surface area contributed by atoms with E-state index in [1.54, 1.807) is 0 Å². The van der Waals surface area contributed by atoms with E-state index in [2.05, 4.69) is 10.6 Å². The van der Waals surface area contributed by atoms with Crippen molar-refractivity contribution in [2.75, 3.05) is 6.61 Å². The van der Waals surface area contributed by atoms with Gasteiger partial charge < -0.3 is 47.8 Å². The number of nitrogens with one attached hydrogen (secondary N) is 3. The number of hydrogen-bond donors (Lipinski definition) is 9. The SMILES string of the molecule is NC(=O)CCC(NC(=O)C(CCC(=O)O)NC(=O)C(N)CO)C(=O)NC(CC(=O)O)C(=O)O. The molecule has 0 aromatic rings. The molecule has 33 heavy (non-hydrogen) atoms. The van der Waals surface area contributed by atoms with Gasteiger partial charge in [0.05, 0.1) is 13.0 Å². The zero-order chi connectivity index (χ0) is 25.7. The fourth-order valence-corrected chi connectivity index (χ4v) is 2.37. The summed E-state index contributed by atoms with van der Waals surface area (Å²) in [6.07, 6.45) is -2.84. The molecule has 0 saturated heterocycles. The monoisotopic (exact) mass is 477 g/mol. The van der Waals surface area contributed by atoms with Gasteiger partial charge in [-0.1, -0.05) is 0 Å². The summed E-state index contributed by atoms with van der Waals surface area (Å²) in [5, 5.41) is 41.8. The molecule has 11 N–H and O–H groups in total. The molecule has 0 heterocycles. The van der Waals surface area contributed by atoms with Crippen molar-refractivity contribution in [1.29, 1.82) is 0 Å². The highest BCUT2D eigenvalue weighted by atomic mass is 16.4. The number of aliphatic hydroxyl groups is 1. The van der Waals surface area contributed by atoms with Crippen LogP contribution in [0.5, 0.6) is 0 Å². The molecule has 0 fully saturated rings. The highest BCUT2D eigenvalue weighted by molar-refractivity contribution is 5.95. The number of carbonyl (C=O) groups excluding carboxylic acids is 4. The van der Waals surface area contributed by atoms with E-state index in [-0.39, 0.29) is 0 Å². The summed E-state index contributed by atoms with van der Waals surface area (Å²) in [4.78, 5) is 80.9. The summed E-state index contributed by atoms with van der Waals surface area (Å²) < 4.78 is 0. The third kappa shape index (κ3) is 12.0. The van der Waals surface area contributed by atoms with Crippen molar-refractivity contribution in [1.82, 2.24) is 16.0 Å². The molecule has 4 unspecified atom stereocenters. The second-order valence-electron chi connectivity index (χ2n) is 6.85. The van der Waals surface area contributed by atoms with Crippen LogP contribution in [-0.2, 0) is 33.6 Å². The van der Waals surface area contributed by atoms with Crippen LogP contribution >= 0.6 is 0 Å². The van der Waals surface area contributed by atoms with E-state index in [1.807, 2.05) is 5.32 Å². The lowest BCUT2D eigenvalue weighted by Gasteiger charge is -2.24. The molecule has 0 aromatic heterocycles. The minimum atomic E-state index is -1.85. The number of carboxylic acids is 3. The lowest BCUT2D eigenvalue weighted by Crippen LogP contribution is -2.57. The van der Waals surface area contributed by atoms with Crippen molar-refractivity contribution in [2.24, 2.45) is 11.5 Å². The van der Waals surface area contributed by atoms with Gasteiger partial charge >= 0.3 is 17.9 Å². The molecule has 0 aliphatic heterocycles. The third-order valence-electron chi connectivity index (χ3n) is 4.12. The van der Waals surface area contributed by atoms with E-state index < -0.39 is 104 Å². The number of aliphatic carboxylic acids is 3. The van der Waals surface area contributed by atoms with Crippen molar-refractivity contribution in [3.8, 4) is 0 Å². The van der Waals surface area contributed by atoms with Gasteiger partial charge in [0.2, 0.25) is 23.6 Å². The van der Waals surface area contributed by atoms with Crippen LogP contribution < -0.4 is 27.4 Å². The molecule has 4 amide bonds. The number of rotatable bonds is 16. The molecule has 186 valence electrons. The molecule has 16 nitrogen and oxygen atoms in total. The Balaban J connectivity index is 5.60. The molecular weight excluding hydrogens is 450 g/mol. The average Bonchev–Trinajstić information content (AvgIpc) is 2.71. The Labute approximate surface area is 186 Å². The lowest BCUT2D eigenvalue weighted by atomic mass is 10.1. The molecule has 4 atom stereocenters. The minimum absolute atomic E-state index is 0.415. The maximum absolute atomic E-state index is 12.6. The lowest BCUT2D eigenvalue weighted by molar-refractivity contribution is -0.147. The van der Waals surface area contributed by atoms with Crippen LogP contribution in [0.15, 0.2) is 0 Å². The number of nitrogens with two attached hydrogens (primary N) is 2. The van der Waals surface area contributed by atoms with E-state index in [0.717, 1.165) is 0 Å². The summed E-state index contributed by atoms with van der Waals surface area (Å²) in [7, 11) is 0. The van der Waals surface area contributed by atoms with E-state index in [9.17, 15) is 33.6 Å². The number of amides is 4. The minimum Gasteiger partial charge on any atom is -0.481 e. The third-order valence-corrected chi connectivity index (χ3v) is 4.12. The maximum Gasteiger partial charge on any atom is 0.326 e. The first-order valence-corrected chi connectivity index (χ1v) is 9.50. The van der Waals surface area contributed by atoms with Crippen molar-refractivity contribution >= 4 is 41.5 Å². The summed E-state index contributed by atoms with van der Waals surface area (Å²) >= 11 is 0. The largest absolute Gasteiger partial charge is 0.481 e.